The van der Waals surface area contributed by atoms with Gasteiger partial charge in [-0.1, -0.05) is 0 Å². The molecule has 2 saturated heterocycles. The van der Waals surface area contributed by atoms with E-state index in [4.69, 9.17) is 9.47 Å². The van der Waals surface area contributed by atoms with Gasteiger partial charge in [0.05, 0.1) is 36.7 Å². The molecule has 2 aliphatic heterocycles. The van der Waals surface area contributed by atoms with Crippen LogP contribution >= 0.6 is 0 Å². The van der Waals surface area contributed by atoms with Gasteiger partial charge >= 0.3 is 0 Å². The number of imidazole rings is 1. The van der Waals surface area contributed by atoms with Crippen molar-refractivity contribution in [1.29, 1.82) is 0 Å². The zero-order valence-electron chi connectivity index (χ0n) is 19.6. The molecule has 1 amide bonds. The molecule has 1 saturated carbocycles. The van der Waals surface area contributed by atoms with Gasteiger partial charge in [-0.2, -0.15) is 0 Å². The molecule has 6 rings (SSSR count). The quantitative estimate of drug-likeness (QED) is 0.468. The largest absolute Gasteiger partial charge is 0.385 e. The number of anilines is 3. The highest BCUT2D eigenvalue weighted by atomic mass is 16.5. The molecule has 4 atom stereocenters. The summed E-state index contributed by atoms with van der Waals surface area (Å²) in [7, 11) is 1.77. The van der Waals surface area contributed by atoms with Gasteiger partial charge in [0.25, 0.3) is 11.5 Å². The third kappa shape index (κ3) is 4.04. The van der Waals surface area contributed by atoms with Gasteiger partial charge in [0.1, 0.15) is 5.69 Å². The Morgan fingerprint density at radius 3 is 2.94 bits per heavy atom. The molecule has 11 nitrogen and oxygen atoms in total. The monoisotopic (exact) mass is 479 g/mol. The van der Waals surface area contributed by atoms with Gasteiger partial charge in [-0.05, 0) is 43.7 Å². The van der Waals surface area contributed by atoms with Crippen molar-refractivity contribution in [1.82, 2.24) is 24.5 Å². The van der Waals surface area contributed by atoms with Crippen LogP contribution in [-0.2, 0) is 16.0 Å². The van der Waals surface area contributed by atoms with Gasteiger partial charge in [0.15, 0.2) is 17.2 Å². The first kappa shape index (κ1) is 22.1. The zero-order chi connectivity index (χ0) is 23.9. The minimum absolute atomic E-state index is 0.0114. The predicted molar refractivity (Wildman–Crippen MR) is 129 cm³/mol. The minimum atomic E-state index is -0.248. The number of ether oxygens (including phenoxy) is 2. The van der Waals surface area contributed by atoms with Crippen LogP contribution < -0.4 is 21.5 Å². The van der Waals surface area contributed by atoms with Crippen LogP contribution in [0.4, 0.5) is 17.2 Å². The highest BCUT2D eigenvalue weighted by molar-refractivity contribution is 5.94. The summed E-state index contributed by atoms with van der Waals surface area (Å²) >= 11 is 0. The molecule has 5 heterocycles. The van der Waals surface area contributed by atoms with E-state index < -0.39 is 0 Å². The lowest BCUT2D eigenvalue weighted by Gasteiger charge is -2.39. The molecule has 11 heteroatoms. The van der Waals surface area contributed by atoms with E-state index in [0.29, 0.717) is 41.0 Å². The number of nitrogens with zero attached hydrogens (tertiary/aromatic N) is 4. The van der Waals surface area contributed by atoms with Crippen molar-refractivity contribution in [2.45, 2.75) is 50.5 Å². The molecule has 3 aromatic heterocycles. The third-order valence-corrected chi connectivity index (χ3v) is 7.21. The Morgan fingerprint density at radius 1 is 1.23 bits per heavy atom. The third-order valence-electron chi connectivity index (χ3n) is 7.21. The van der Waals surface area contributed by atoms with Crippen molar-refractivity contribution in [2.24, 2.45) is 5.92 Å². The Kier molecular flexibility index (Phi) is 5.65. The topological polar surface area (TPSA) is 124 Å². The lowest BCUT2D eigenvalue weighted by molar-refractivity contribution is -0.000686. The SMILES string of the molecule is CNc1cc(Nc2cccn(C[C@@H]3CCCO3)c2=O)nn2c(C(=O)N[C@@H]3C[C@H]4CCO[C@H]43)cnc12. The number of hydrogen-bond acceptors (Lipinski definition) is 8. The second-order valence-electron chi connectivity index (χ2n) is 9.41. The lowest BCUT2D eigenvalue weighted by atomic mass is 9.77. The van der Waals surface area contributed by atoms with Crippen LogP contribution in [0.3, 0.4) is 0 Å². The maximum atomic E-state index is 13.1. The standard InChI is InChI=1S/C24H29N7O4/c1-25-18-11-20(27-16-5-2-7-30(24(16)33)13-15-4-3-8-34-15)29-31-19(12-26-22(18)31)23(32)28-17-10-14-6-9-35-21(14)17/h2,5,7,11-12,14-15,17,21,25H,3-4,6,8-10,13H2,1H3,(H,27,29)(H,28,32)/t14-,15+,17-,21-/m1/s1. The summed E-state index contributed by atoms with van der Waals surface area (Å²) in [6.07, 6.45) is 7.41. The van der Waals surface area contributed by atoms with E-state index in [9.17, 15) is 9.59 Å². The minimum Gasteiger partial charge on any atom is -0.385 e. The normalized spacial score (nSPS) is 25.3. The summed E-state index contributed by atoms with van der Waals surface area (Å²) in [5, 5.41) is 13.9. The number of pyridine rings is 1. The number of nitrogens with one attached hydrogen (secondary N) is 3. The van der Waals surface area contributed by atoms with Crippen LogP contribution in [0.5, 0.6) is 0 Å². The Balaban J connectivity index is 1.26. The molecule has 0 aromatic carbocycles. The van der Waals surface area contributed by atoms with Crippen LogP contribution in [0, 0.1) is 5.92 Å². The van der Waals surface area contributed by atoms with Crippen LogP contribution in [-0.4, -0.2) is 63.6 Å². The molecule has 0 spiro atoms. The Morgan fingerprint density at radius 2 is 2.14 bits per heavy atom. The Labute approximate surface area is 201 Å². The fraction of sp³-hybridized carbons (Fsp3) is 0.500. The molecule has 3 aromatic rings. The van der Waals surface area contributed by atoms with E-state index in [2.05, 4.69) is 26.0 Å². The number of amides is 1. The number of rotatable bonds is 7. The van der Waals surface area contributed by atoms with E-state index in [1.807, 2.05) is 6.07 Å². The molecule has 3 N–H and O–H groups in total. The van der Waals surface area contributed by atoms with Crippen LogP contribution in [0.2, 0.25) is 0 Å². The fourth-order valence-corrected chi connectivity index (χ4v) is 5.29. The predicted octanol–water partition coefficient (Wildman–Crippen LogP) is 1.76. The van der Waals surface area contributed by atoms with Crippen molar-refractivity contribution < 1.29 is 14.3 Å². The number of fused-ring (bicyclic) bond motifs is 2. The highest BCUT2D eigenvalue weighted by Gasteiger charge is 2.46. The second-order valence-corrected chi connectivity index (χ2v) is 9.41. The molecule has 3 aliphatic rings. The molecule has 0 radical (unpaired) electrons. The van der Waals surface area contributed by atoms with Gasteiger partial charge in [0.2, 0.25) is 0 Å². The van der Waals surface area contributed by atoms with Crippen LogP contribution in [0.15, 0.2) is 35.4 Å². The van der Waals surface area contributed by atoms with Gasteiger partial charge in [-0.15, -0.1) is 5.10 Å². The maximum Gasteiger partial charge on any atom is 0.274 e. The van der Waals surface area contributed by atoms with E-state index in [1.165, 1.54) is 10.7 Å². The Bertz CT molecular complexity index is 1310. The average Bonchev–Trinajstić information content (AvgIpc) is 3.59. The maximum absolute atomic E-state index is 13.1. The summed E-state index contributed by atoms with van der Waals surface area (Å²) in [6.45, 7) is 2.01. The number of aromatic nitrogens is 4. The first-order chi connectivity index (χ1) is 17.1. The summed E-state index contributed by atoms with van der Waals surface area (Å²) in [4.78, 5) is 30.5. The van der Waals surface area contributed by atoms with Gasteiger partial charge < -0.3 is 30.0 Å². The van der Waals surface area contributed by atoms with E-state index in [0.717, 1.165) is 38.9 Å². The average molecular weight is 480 g/mol. The smallest absolute Gasteiger partial charge is 0.274 e. The molecule has 184 valence electrons. The highest BCUT2D eigenvalue weighted by Crippen LogP contribution is 2.38. The van der Waals surface area contributed by atoms with Crippen LogP contribution in [0.1, 0.15) is 36.2 Å². The van der Waals surface area contributed by atoms with Crippen molar-refractivity contribution in [3.05, 3.63) is 46.6 Å². The van der Waals surface area contributed by atoms with E-state index >= 15 is 0 Å². The number of carbonyl (C=O) groups is 1. The molecule has 0 bridgehead atoms. The van der Waals surface area contributed by atoms with E-state index in [1.54, 1.807) is 29.9 Å². The number of carbonyl (C=O) groups excluding carboxylic acids is 1. The summed E-state index contributed by atoms with van der Waals surface area (Å²) < 4.78 is 14.6. The molecular weight excluding hydrogens is 450 g/mol. The molecule has 1 aliphatic carbocycles. The number of hydrogen-bond donors (Lipinski definition) is 3. The first-order valence-corrected chi connectivity index (χ1v) is 12.2. The molecule has 35 heavy (non-hydrogen) atoms. The molecule has 0 unspecified atom stereocenters. The van der Waals surface area contributed by atoms with Gasteiger partial charge in [-0.3, -0.25) is 9.59 Å². The zero-order valence-corrected chi connectivity index (χ0v) is 19.6. The van der Waals surface area contributed by atoms with Crippen LogP contribution in [0.25, 0.3) is 5.65 Å². The lowest BCUT2D eigenvalue weighted by Crippen LogP contribution is -2.54. The summed E-state index contributed by atoms with van der Waals surface area (Å²) in [5.74, 6) is 0.716. The van der Waals surface area contributed by atoms with Crippen molar-refractivity contribution in [3.63, 3.8) is 0 Å². The summed E-state index contributed by atoms with van der Waals surface area (Å²) in [6, 6.07) is 5.32. The summed E-state index contributed by atoms with van der Waals surface area (Å²) in [5.41, 5.74) is 1.76. The van der Waals surface area contributed by atoms with E-state index in [-0.39, 0.29) is 29.7 Å². The molecular formula is C24H29N7O4. The second kappa shape index (κ2) is 8.97. The Hall–Kier alpha value is -3.44. The van der Waals surface area contributed by atoms with Gasteiger partial charge in [-0.25, -0.2) is 9.50 Å². The first-order valence-electron chi connectivity index (χ1n) is 12.2. The fourth-order valence-electron chi connectivity index (χ4n) is 5.29. The molecule has 3 fully saturated rings. The van der Waals surface area contributed by atoms with Gasteiger partial charge in [0, 0.05) is 32.5 Å². The van der Waals surface area contributed by atoms with Crippen molar-refractivity contribution in [2.75, 3.05) is 30.9 Å². The van der Waals surface area contributed by atoms with Crippen molar-refractivity contribution in [3.8, 4) is 0 Å². The van der Waals surface area contributed by atoms with Crippen molar-refractivity contribution >= 4 is 28.7 Å².